The number of hydrogen-bond acceptors (Lipinski definition) is 3. The lowest BCUT2D eigenvalue weighted by Gasteiger charge is -2.13. The van der Waals surface area contributed by atoms with Crippen LogP contribution in [0.2, 0.25) is 0 Å². The highest BCUT2D eigenvalue weighted by molar-refractivity contribution is 5.94. The van der Waals surface area contributed by atoms with Crippen molar-refractivity contribution < 1.29 is 4.79 Å². The predicted molar refractivity (Wildman–Crippen MR) is 102 cm³/mol. The molecule has 1 heterocycles. The largest absolute Gasteiger partial charge is 0.347 e. The van der Waals surface area contributed by atoms with Crippen LogP contribution in [0.5, 0.6) is 0 Å². The molecule has 0 saturated heterocycles. The highest BCUT2D eigenvalue weighted by atomic mass is 16.2. The van der Waals surface area contributed by atoms with Gasteiger partial charge in [0, 0.05) is 24.7 Å². The summed E-state index contributed by atoms with van der Waals surface area (Å²) in [6.07, 6.45) is 0. The Labute approximate surface area is 152 Å². The van der Waals surface area contributed by atoms with E-state index in [-0.39, 0.29) is 17.2 Å². The van der Waals surface area contributed by atoms with Crippen molar-refractivity contribution in [3.8, 4) is 11.4 Å². The third-order valence-corrected chi connectivity index (χ3v) is 4.34. The summed E-state index contributed by atoms with van der Waals surface area (Å²) in [5.74, 6) is 0.128. The van der Waals surface area contributed by atoms with Crippen molar-refractivity contribution in [1.29, 1.82) is 0 Å². The van der Waals surface area contributed by atoms with E-state index in [0.717, 1.165) is 16.7 Å². The molecule has 0 saturated carbocycles. The Morgan fingerprint density at radius 3 is 2.35 bits per heavy atom. The van der Waals surface area contributed by atoms with Crippen molar-refractivity contribution in [2.75, 3.05) is 0 Å². The minimum Gasteiger partial charge on any atom is -0.347 e. The SMILES string of the molecule is Cc1ccc(-c2nc(C(=O)NCc3ccccc3)c(C)c(=O)n2C)cc1. The molecule has 1 amide bonds. The first kappa shape index (κ1) is 17.6. The summed E-state index contributed by atoms with van der Waals surface area (Å²) >= 11 is 0. The van der Waals surface area contributed by atoms with E-state index in [1.54, 1.807) is 14.0 Å². The molecule has 5 nitrogen and oxygen atoms in total. The molecule has 0 aliphatic rings. The Morgan fingerprint density at radius 1 is 1.04 bits per heavy atom. The maximum Gasteiger partial charge on any atom is 0.270 e. The monoisotopic (exact) mass is 347 g/mol. The van der Waals surface area contributed by atoms with Crippen molar-refractivity contribution >= 4 is 5.91 Å². The van der Waals surface area contributed by atoms with E-state index in [0.29, 0.717) is 17.9 Å². The van der Waals surface area contributed by atoms with Crippen LogP contribution in [0.25, 0.3) is 11.4 Å². The number of benzene rings is 2. The second kappa shape index (κ2) is 7.35. The normalized spacial score (nSPS) is 10.6. The van der Waals surface area contributed by atoms with Gasteiger partial charge in [-0.15, -0.1) is 0 Å². The average Bonchev–Trinajstić information content (AvgIpc) is 2.66. The molecule has 1 aromatic heterocycles. The van der Waals surface area contributed by atoms with Gasteiger partial charge in [-0.25, -0.2) is 4.98 Å². The molecule has 0 atom stereocenters. The summed E-state index contributed by atoms with van der Waals surface area (Å²) in [5, 5.41) is 2.84. The number of hydrogen-bond donors (Lipinski definition) is 1. The first-order valence-corrected chi connectivity index (χ1v) is 8.44. The van der Waals surface area contributed by atoms with Crippen LogP contribution >= 0.6 is 0 Å². The lowest BCUT2D eigenvalue weighted by Crippen LogP contribution is -2.31. The van der Waals surface area contributed by atoms with E-state index in [1.165, 1.54) is 4.57 Å². The molecule has 0 bridgehead atoms. The fourth-order valence-electron chi connectivity index (χ4n) is 2.76. The number of carbonyl (C=O) groups excluding carboxylic acids is 1. The smallest absolute Gasteiger partial charge is 0.270 e. The third kappa shape index (κ3) is 3.57. The number of aryl methyl sites for hydroxylation is 1. The van der Waals surface area contributed by atoms with Crippen molar-refractivity contribution in [1.82, 2.24) is 14.9 Å². The van der Waals surface area contributed by atoms with Gasteiger partial charge in [-0.2, -0.15) is 0 Å². The van der Waals surface area contributed by atoms with E-state index in [2.05, 4.69) is 10.3 Å². The highest BCUT2D eigenvalue weighted by Gasteiger charge is 2.18. The van der Waals surface area contributed by atoms with Gasteiger partial charge in [0.2, 0.25) is 0 Å². The molecule has 0 unspecified atom stereocenters. The van der Waals surface area contributed by atoms with Gasteiger partial charge in [-0.3, -0.25) is 14.2 Å². The van der Waals surface area contributed by atoms with Crippen LogP contribution in [0.4, 0.5) is 0 Å². The van der Waals surface area contributed by atoms with Gasteiger partial charge in [0.05, 0.1) is 0 Å². The molecule has 132 valence electrons. The maximum absolute atomic E-state index is 12.6. The van der Waals surface area contributed by atoms with Crippen molar-refractivity contribution in [3.63, 3.8) is 0 Å². The van der Waals surface area contributed by atoms with Gasteiger partial charge in [0.25, 0.3) is 11.5 Å². The van der Waals surface area contributed by atoms with Crippen molar-refractivity contribution in [2.45, 2.75) is 20.4 Å². The quantitative estimate of drug-likeness (QED) is 0.789. The Bertz CT molecular complexity index is 990. The van der Waals surface area contributed by atoms with Crippen molar-refractivity contribution in [2.24, 2.45) is 7.05 Å². The standard InChI is InChI=1S/C21H21N3O2/c1-14-9-11-17(12-10-14)19-23-18(15(2)21(26)24(19)3)20(25)22-13-16-7-5-4-6-8-16/h4-12H,13H2,1-3H3,(H,22,25). The molecule has 0 radical (unpaired) electrons. The number of aromatic nitrogens is 2. The molecule has 2 aromatic carbocycles. The van der Waals surface area contributed by atoms with Crippen LogP contribution in [0, 0.1) is 13.8 Å². The van der Waals surface area contributed by atoms with Crippen LogP contribution in [0.3, 0.4) is 0 Å². The number of nitrogens with zero attached hydrogens (tertiary/aromatic N) is 2. The zero-order chi connectivity index (χ0) is 18.7. The Balaban J connectivity index is 1.95. The molecule has 3 rings (SSSR count). The van der Waals surface area contributed by atoms with E-state index < -0.39 is 0 Å². The molecular weight excluding hydrogens is 326 g/mol. The third-order valence-electron chi connectivity index (χ3n) is 4.34. The lowest BCUT2D eigenvalue weighted by atomic mass is 10.1. The molecule has 3 aromatic rings. The number of nitrogens with one attached hydrogen (secondary N) is 1. The number of rotatable bonds is 4. The topological polar surface area (TPSA) is 64.0 Å². The molecule has 5 heteroatoms. The zero-order valence-electron chi connectivity index (χ0n) is 15.1. The minimum atomic E-state index is -0.350. The molecule has 0 aliphatic heterocycles. The van der Waals surface area contributed by atoms with Crippen LogP contribution in [0.1, 0.15) is 27.2 Å². The maximum atomic E-state index is 12.6. The van der Waals surface area contributed by atoms with Gasteiger partial charge in [0.1, 0.15) is 11.5 Å². The minimum absolute atomic E-state index is 0.166. The van der Waals surface area contributed by atoms with Crippen LogP contribution in [-0.2, 0) is 13.6 Å². The Kier molecular flexibility index (Phi) is 4.98. The summed E-state index contributed by atoms with van der Waals surface area (Å²) in [5.41, 5.74) is 3.19. The summed E-state index contributed by atoms with van der Waals surface area (Å²) in [6.45, 7) is 4.01. The fraction of sp³-hybridized carbons (Fsp3) is 0.190. The van der Waals surface area contributed by atoms with Crippen LogP contribution < -0.4 is 10.9 Å². The number of amides is 1. The Morgan fingerprint density at radius 2 is 1.69 bits per heavy atom. The molecule has 0 fully saturated rings. The molecule has 0 aliphatic carbocycles. The summed E-state index contributed by atoms with van der Waals surface area (Å²) in [7, 11) is 1.67. The van der Waals surface area contributed by atoms with Gasteiger partial charge in [0.15, 0.2) is 0 Å². The predicted octanol–water partition coefficient (Wildman–Crippen LogP) is 2.99. The number of carbonyl (C=O) groups is 1. The highest BCUT2D eigenvalue weighted by Crippen LogP contribution is 2.17. The van der Waals surface area contributed by atoms with Crippen LogP contribution in [0.15, 0.2) is 59.4 Å². The Hall–Kier alpha value is -3.21. The van der Waals surface area contributed by atoms with Gasteiger partial charge in [-0.1, -0.05) is 60.2 Å². The first-order valence-electron chi connectivity index (χ1n) is 8.44. The van der Waals surface area contributed by atoms with Gasteiger partial charge < -0.3 is 5.32 Å². The summed E-state index contributed by atoms with van der Waals surface area (Å²) in [4.78, 5) is 29.7. The first-order chi connectivity index (χ1) is 12.5. The van der Waals surface area contributed by atoms with E-state index in [4.69, 9.17) is 0 Å². The van der Waals surface area contributed by atoms with Crippen molar-refractivity contribution in [3.05, 3.63) is 87.3 Å². The lowest BCUT2D eigenvalue weighted by molar-refractivity contribution is 0.0945. The zero-order valence-corrected chi connectivity index (χ0v) is 15.1. The van der Waals surface area contributed by atoms with Crippen LogP contribution in [-0.4, -0.2) is 15.5 Å². The van der Waals surface area contributed by atoms with Gasteiger partial charge >= 0.3 is 0 Å². The van der Waals surface area contributed by atoms with Gasteiger partial charge in [-0.05, 0) is 19.4 Å². The molecule has 1 N–H and O–H groups in total. The molecule has 0 spiro atoms. The second-order valence-corrected chi connectivity index (χ2v) is 6.31. The van der Waals surface area contributed by atoms with E-state index >= 15 is 0 Å². The molecule has 26 heavy (non-hydrogen) atoms. The summed E-state index contributed by atoms with van der Waals surface area (Å²) in [6, 6.07) is 17.3. The van der Waals surface area contributed by atoms with E-state index in [9.17, 15) is 9.59 Å². The molecular formula is C21H21N3O2. The summed E-state index contributed by atoms with van der Waals surface area (Å²) < 4.78 is 1.48. The fourth-order valence-corrected chi connectivity index (χ4v) is 2.76. The second-order valence-electron chi connectivity index (χ2n) is 6.31. The van der Waals surface area contributed by atoms with E-state index in [1.807, 2.05) is 61.5 Å². The average molecular weight is 347 g/mol.